The van der Waals surface area contributed by atoms with E-state index in [0.717, 1.165) is 22.1 Å². The van der Waals surface area contributed by atoms with E-state index >= 15 is 0 Å². The van der Waals surface area contributed by atoms with Crippen molar-refractivity contribution in [2.24, 2.45) is 0 Å². The normalized spacial score (nSPS) is 11.0. The van der Waals surface area contributed by atoms with Gasteiger partial charge in [-0.05, 0) is 55.8 Å². The van der Waals surface area contributed by atoms with E-state index in [4.69, 9.17) is 4.74 Å². The standard InChI is InChI=1S/C22H20N4O3S/c1-3-29-21(28)15-8-10-16(11-9-15)23-20(27)13-30-22-25-24-19-12-14(2)17-6-4-5-7-18(17)26(19)22/h4-12H,3,13H2,1-2H3,(H,23,27). The topological polar surface area (TPSA) is 85.6 Å². The Morgan fingerprint density at radius 3 is 2.63 bits per heavy atom. The molecule has 2 heterocycles. The van der Waals surface area contributed by atoms with Crippen LogP contribution < -0.4 is 5.32 Å². The van der Waals surface area contributed by atoms with Gasteiger partial charge in [-0.2, -0.15) is 0 Å². The van der Waals surface area contributed by atoms with Gasteiger partial charge in [0.1, 0.15) is 0 Å². The van der Waals surface area contributed by atoms with E-state index in [1.807, 2.05) is 35.6 Å². The lowest BCUT2D eigenvalue weighted by molar-refractivity contribution is -0.113. The molecule has 8 heteroatoms. The van der Waals surface area contributed by atoms with Gasteiger partial charge in [0.15, 0.2) is 10.8 Å². The molecule has 0 aliphatic carbocycles. The van der Waals surface area contributed by atoms with Crippen molar-refractivity contribution in [3.05, 3.63) is 65.7 Å². The summed E-state index contributed by atoms with van der Waals surface area (Å²) >= 11 is 1.32. The number of hydrogen-bond donors (Lipinski definition) is 1. The van der Waals surface area contributed by atoms with E-state index in [2.05, 4.69) is 21.6 Å². The molecule has 2 aromatic carbocycles. The van der Waals surface area contributed by atoms with Crippen LogP contribution in [0.3, 0.4) is 0 Å². The van der Waals surface area contributed by atoms with Crippen molar-refractivity contribution in [2.75, 3.05) is 17.7 Å². The number of carbonyl (C=O) groups is 2. The highest BCUT2D eigenvalue weighted by atomic mass is 32.2. The van der Waals surface area contributed by atoms with Crippen molar-refractivity contribution in [3.63, 3.8) is 0 Å². The largest absolute Gasteiger partial charge is 0.462 e. The van der Waals surface area contributed by atoms with Crippen molar-refractivity contribution in [1.29, 1.82) is 0 Å². The second kappa shape index (κ2) is 8.54. The van der Waals surface area contributed by atoms with Crippen LogP contribution in [-0.2, 0) is 9.53 Å². The zero-order valence-corrected chi connectivity index (χ0v) is 17.4. The van der Waals surface area contributed by atoms with E-state index in [-0.39, 0.29) is 17.6 Å². The molecule has 4 aromatic rings. The van der Waals surface area contributed by atoms with Crippen molar-refractivity contribution in [1.82, 2.24) is 14.6 Å². The first-order valence-corrected chi connectivity index (χ1v) is 10.5. The maximum Gasteiger partial charge on any atom is 0.338 e. The zero-order valence-electron chi connectivity index (χ0n) is 16.6. The van der Waals surface area contributed by atoms with Gasteiger partial charge in [0.25, 0.3) is 0 Å². The third-order valence-electron chi connectivity index (χ3n) is 4.59. The molecule has 0 saturated carbocycles. The van der Waals surface area contributed by atoms with Crippen molar-refractivity contribution in [2.45, 2.75) is 19.0 Å². The summed E-state index contributed by atoms with van der Waals surface area (Å²) in [5.41, 5.74) is 3.95. The molecule has 0 unspecified atom stereocenters. The van der Waals surface area contributed by atoms with Gasteiger partial charge in [-0.3, -0.25) is 9.20 Å². The Labute approximate surface area is 177 Å². The van der Waals surface area contributed by atoms with Gasteiger partial charge in [-0.25, -0.2) is 4.79 Å². The third-order valence-corrected chi connectivity index (χ3v) is 5.51. The number of fused-ring (bicyclic) bond motifs is 3. The molecule has 0 atom stereocenters. The third kappa shape index (κ3) is 3.99. The predicted octanol–water partition coefficient (Wildman–Crippen LogP) is 4.10. The summed E-state index contributed by atoms with van der Waals surface area (Å²) in [6.45, 7) is 4.12. The second-order valence-electron chi connectivity index (χ2n) is 6.66. The molecule has 1 N–H and O–H groups in total. The van der Waals surface area contributed by atoms with Crippen LogP contribution in [0.5, 0.6) is 0 Å². The number of amides is 1. The summed E-state index contributed by atoms with van der Waals surface area (Å²) in [7, 11) is 0. The summed E-state index contributed by atoms with van der Waals surface area (Å²) < 4.78 is 6.92. The molecule has 0 bridgehead atoms. The van der Waals surface area contributed by atoms with Crippen molar-refractivity contribution in [3.8, 4) is 0 Å². The summed E-state index contributed by atoms with van der Waals surface area (Å²) in [4.78, 5) is 24.1. The molecular formula is C22H20N4O3S. The summed E-state index contributed by atoms with van der Waals surface area (Å²) in [5, 5.41) is 13.1. The minimum absolute atomic E-state index is 0.169. The fourth-order valence-electron chi connectivity index (χ4n) is 3.20. The number of benzene rings is 2. The molecule has 2 aromatic heterocycles. The highest BCUT2D eigenvalue weighted by Gasteiger charge is 2.13. The van der Waals surface area contributed by atoms with Gasteiger partial charge in [0, 0.05) is 11.1 Å². The molecule has 0 saturated heterocycles. The summed E-state index contributed by atoms with van der Waals surface area (Å²) in [5.74, 6) is -0.369. The van der Waals surface area contributed by atoms with Crippen LogP contribution in [0, 0.1) is 6.92 Å². The smallest absolute Gasteiger partial charge is 0.338 e. The first kappa shape index (κ1) is 19.9. The summed E-state index contributed by atoms with van der Waals surface area (Å²) in [6.07, 6.45) is 0. The van der Waals surface area contributed by atoms with Crippen LogP contribution in [-0.4, -0.2) is 38.8 Å². The van der Waals surface area contributed by atoms with E-state index in [1.165, 1.54) is 11.8 Å². The number of ether oxygens (including phenoxy) is 1. The number of thioether (sulfide) groups is 1. The quantitative estimate of drug-likeness (QED) is 0.373. The second-order valence-corrected chi connectivity index (χ2v) is 7.60. The predicted molar refractivity (Wildman–Crippen MR) is 117 cm³/mol. The maximum absolute atomic E-state index is 12.4. The first-order valence-electron chi connectivity index (χ1n) is 9.50. The number of pyridine rings is 1. The molecule has 0 radical (unpaired) electrons. The minimum atomic E-state index is -0.382. The van der Waals surface area contributed by atoms with Crippen LogP contribution in [0.15, 0.2) is 59.8 Å². The van der Waals surface area contributed by atoms with Crippen LogP contribution in [0.2, 0.25) is 0 Å². The van der Waals surface area contributed by atoms with Crippen molar-refractivity contribution >= 4 is 45.9 Å². The number of esters is 1. The molecule has 30 heavy (non-hydrogen) atoms. The summed E-state index contributed by atoms with van der Waals surface area (Å²) in [6, 6.07) is 16.7. The number of nitrogens with one attached hydrogen (secondary N) is 1. The first-order chi connectivity index (χ1) is 14.6. The fraction of sp³-hybridized carbons (Fsp3) is 0.182. The SMILES string of the molecule is CCOC(=O)c1ccc(NC(=O)CSc2nnc3cc(C)c4ccccc4n23)cc1. The number of anilines is 1. The average Bonchev–Trinajstić information content (AvgIpc) is 3.16. The Hall–Kier alpha value is -3.39. The van der Waals surface area contributed by atoms with E-state index < -0.39 is 0 Å². The van der Waals surface area contributed by atoms with E-state index in [9.17, 15) is 9.59 Å². The van der Waals surface area contributed by atoms with Gasteiger partial charge >= 0.3 is 5.97 Å². The fourth-order valence-corrected chi connectivity index (χ4v) is 3.95. The molecule has 0 aliphatic rings. The number of aromatic nitrogens is 3. The Morgan fingerprint density at radius 1 is 1.10 bits per heavy atom. The maximum atomic E-state index is 12.4. The lowest BCUT2D eigenvalue weighted by atomic mass is 10.1. The van der Waals surface area contributed by atoms with E-state index in [1.54, 1.807) is 31.2 Å². The van der Waals surface area contributed by atoms with Crippen LogP contribution in [0.1, 0.15) is 22.8 Å². The highest BCUT2D eigenvalue weighted by molar-refractivity contribution is 7.99. The van der Waals surface area contributed by atoms with Crippen LogP contribution >= 0.6 is 11.8 Å². The number of hydrogen-bond acceptors (Lipinski definition) is 6. The van der Waals surface area contributed by atoms with E-state index in [0.29, 0.717) is 23.0 Å². The zero-order chi connectivity index (χ0) is 21.1. The highest BCUT2D eigenvalue weighted by Crippen LogP contribution is 2.25. The average molecular weight is 420 g/mol. The molecule has 7 nitrogen and oxygen atoms in total. The monoisotopic (exact) mass is 420 g/mol. The number of carbonyl (C=O) groups excluding carboxylic acids is 2. The van der Waals surface area contributed by atoms with Gasteiger partial charge in [0.2, 0.25) is 5.91 Å². The van der Waals surface area contributed by atoms with Crippen LogP contribution in [0.4, 0.5) is 5.69 Å². The molecular weight excluding hydrogens is 400 g/mol. The van der Waals surface area contributed by atoms with Crippen LogP contribution in [0.25, 0.3) is 16.6 Å². The Bertz CT molecular complexity index is 1230. The molecule has 0 fully saturated rings. The molecule has 0 aliphatic heterocycles. The van der Waals surface area contributed by atoms with Crippen molar-refractivity contribution < 1.29 is 14.3 Å². The lowest BCUT2D eigenvalue weighted by Crippen LogP contribution is -2.14. The number of nitrogens with zero attached hydrogens (tertiary/aromatic N) is 3. The van der Waals surface area contributed by atoms with Gasteiger partial charge in [-0.15, -0.1) is 10.2 Å². The lowest BCUT2D eigenvalue weighted by Gasteiger charge is -2.08. The van der Waals surface area contributed by atoms with Gasteiger partial charge in [-0.1, -0.05) is 30.0 Å². The molecule has 0 spiro atoms. The Balaban J connectivity index is 1.46. The number of aryl methyl sites for hydroxylation is 1. The van der Waals surface area contributed by atoms with Gasteiger partial charge in [0.05, 0.1) is 23.4 Å². The minimum Gasteiger partial charge on any atom is -0.462 e. The number of para-hydroxylation sites is 1. The Kier molecular flexibility index (Phi) is 5.67. The number of rotatable bonds is 6. The Morgan fingerprint density at radius 2 is 1.87 bits per heavy atom. The van der Waals surface area contributed by atoms with Gasteiger partial charge < -0.3 is 10.1 Å². The molecule has 1 amide bonds. The molecule has 152 valence electrons. The molecule has 4 rings (SSSR count).